The minimum Gasteiger partial charge on any atom is -0.480 e. The van der Waals surface area contributed by atoms with Crippen molar-refractivity contribution in [3.05, 3.63) is 94.8 Å². The summed E-state index contributed by atoms with van der Waals surface area (Å²) in [6.45, 7) is 8.89. The van der Waals surface area contributed by atoms with E-state index in [1.807, 2.05) is 59.4 Å². The lowest BCUT2D eigenvalue weighted by atomic mass is 10.1. The quantitative estimate of drug-likeness (QED) is 0.270. The number of carbonyl (C=O) groups excluding carboxylic acids is 2. The van der Waals surface area contributed by atoms with Gasteiger partial charge in [0, 0.05) is 18.3 Å². The molecular weight excluding hydrogens is 440 g/mol. The van der Waals surface area contributed by atoms with Crippen molar-refractivity contribution in [2.24, 2.45) is 0 Å². The van der Waals surface area contributed by atoms with Crippen LogP contribution in [0.25, 0.3) is 0 Å². The summed E-state index contributed by atoms with van der Waals surface area (Å²) in [6, 6.07) is 20.1. The fourth-order valence-electron chi connectivity index (χ4n) is 2.91. The van der Waals surface area contributed by atoms with Crippen molar-refractivity contribution >= 4 is 18.2 Å². The van der Waals surface area contributed by atoms with Crippen molar-refractivity contribution in [1.82, 2.24) is 9.88 Å². The van der Waals surface area contributed by atoms with E-state index in [1.165, 1.54) is 17.5 Å². The van der Waals surface area contributed by atoms with E-state index in [1.54, 1.807) is 0 Å². The van der Waals surface area contributed by atoms with Crippen molar-refractivity contribution in [1.29, 1.82) is 0 Å². The molecule has 1 aromatic heterocycles. The number of carboxylic acids is 1. The zero-order valence-corrected chi connectivity index (χ0v) is 21.0. The lowest BCUT2D eigenvalue weighted by molar-refractivity contribution is -0.136. The maximum atomic E-state index is 12.7. The van der Waals surface area contributed by atoms with Crippen LogP contribution >= 0.6 is 0 Å². The molecule has 0 aliphatic rings. The molecule has 0 atom stereocenters. The maximum absolute atomic E-state index is 12.7. The molecule has 35 heavy (non-hydrogen) atoms. The highest BCUT2D eigenvalue weighted by Gasteiger charge is 2.13. The van der Waals surface area contributed by atoms with E-state index in [0.717, 1.165) is 29.8 Å². The molecule has 0 saturated heterocycles. The number of terminal acetylenes is 1. The number of aryl methyl sites for hydroxylation is 4. The van der Waals surface area contributed by atoms with E-state index < -0.39 is 5.97 Å². The van der Waals surface area contributed by atoms with Gasteiger partial charge in [0.25, 0.3) is 0 Å². The molecule has 0 bridgehead atoms. The smallest absolute Gasteiger partial charge is 0.322 e. The van der Waals surface area contributed by atoms with Crippen LogP contribution in [0, 0.1) is 26.7 Å². The molecule has 0 spiro atoms. The summed E-state index contributed by atoms with van der Waals surface area (Å²) < 4.78 is 2.05. The number of carbonyl (C=O) groups is 3. The summed E-state index contributed by atoms with van der Waals surface area (Å²) in [7, 11) is 0. The van der Waals surface area contributed by atoms with Gasteiger partial charge in [0.2, 0.25) is 12.2 Å². The van der Waals surface area contributed by atoms with Gasteiger partial charge in [0.1, 0.15) is 6.54 Å². The number of carboxylic acid groups (broad SMARTS) is 1. The largest absolute Gasteiger partial charge is 0.480 e. The highest BCUT2D eigenvalue weighted by Crippen LogP contribution is 2.13. The summed E-state index contributed by atoms with van der Waals surface area (Å²) >= 11 is 0. The van der Waals surface area contributed by atoms with Gasteiger partial charge in [0.15, 0.2) is 0 Å². The number of nitrogens with zero attached hydrogens (tertiary/aromatic N) is 1. The Kier molecular flexibility index (Phi) is 16.2. The molecule has 0 saturated carbocycles. The van der Waals surface area contributed by atoms with Gasteiger partial charge in [-0.2, -0.15) is 0 Å². The second-order valence-electron chi connectivity index (χ2n) is 7.62. The van der Waals surface area contributed by atoms with Gasteiger partial charge in [0.05, 0.1) is 5.69 Å². The number of hydrogen-bond donors (Lipinski definition) is 2. The van der Waals surface area contributed by atoms with Gasteiger partial charge >= 0.3 is 5.97 Å². The first-order valence-electron chi connectivity index (χ1n) is 11.4. The number of nitrogens with one attached hydrogen (secondary N) is 1. The number of aliphatic carboxylic acids is 1. The normalized spacial score (nSPS) is 9.09. The molecule has 186 valence electrons. The van der Waals surface area contributed by atoms with Crippen LogP contribution < -0.4 is 5.32 Å². The fourth-order valence-corrected chi connectivity index (χ4v) is 2.91. The van der Waals surface area contributed by atoms with E-state index in [9.17, 15) is 14.4 Å². The molecule has 6 heteroatoms. The van der Waals surface area contributed by atoms with Gasteiger partial charge < -0.3 is 15.0 Å². The van der Waals surface area contributed by atoms with Crippen LogP contribution in [0.5, 0.6) is 0 Å². The summed E-state index contributed by atoms with van der Waals surface area (Å²) in [5.74, 6) is -0.952. The highest BCUT2D eigenvalue weighted by atomic mass is 16.4. The van der Waals surface area contributed by atoms with Gasteiger partial charge in [-0.25, -0.2) is 0 Å². The Morgan fingerprint density at radius 1 is 0.971 bits per heavy atom. The topological polar surface area (TPSA) is 88.4 Å². The molecule has 0 fully saturated rings. The minimum atomic E-state index is -1.04. The number of benzene rings is 2. The lowest BCUT2D eigenvalue weighted by Gasteiger charge is -2.09. The van der Waals surface area contributed by atoms with Gasteiger partial charge in [-0.05, 0) is 38.0 Å². The second-order valence-corrected chi connectivity index (χ2v) is 7.62. The van der Waals surface area contributed by atoms with E-state index in [2.05, 4.69) is 57.9 Å². The molecule has 3 rings (SSSR count). The summed E-state index contributed by atoms with van der Waals surface area (Å²) in [6.07, 6.45) is 12.5. The molecule has 0 aliphatic heterocycles. The first kappa shape index (κ1) is 30.9. The van der Waals surface area contributed by atoms with Crippen LogP contribution in [0.4, 0.5) is 0 Å². The number of hydrogen-bond acceptors (Lipinski definition) is 3. The summed E-state index contributed by atoms with van der Waals surface area (Å²) in [5, 5.41) is 9.79. The Hall–Kier alpha value is -4.11. The third-order valence-electron chi connectivity index (χ3n) is 4.44. The predicted molar refractivity (Wildman–Crippen MR) is 141 cm³/mol. The molecule has 2 aromatic carbocycles. The zero-order chi connectivity index (χ0) is 26.6. The molecule has 3 aromatic rings. The third kappa shape index (κ3) is 12.6. The Bertz CT molecular complexity index is 1050. The molecule has 1 heterocycles. The molecule has 2 N–H and O–H groups in total. The zero-order valence-electron chi connectivity index (χ0n) is 21.0. The Morgan fingerprint density at radius 2 is 1.60 bits per heavy atom. The van der Waals surface area contributed by atoms with Crippen LogP contribution in [-0.4, -0.2) is 34.4 Å². The standard InChI is InChI=1S/C21H21NO.C3H5NO3.C3H8.C2H2/c1-16-8-10-19(11-9-16)21(23)20-7-4-13-22(20)14-12-18-6-3-5-17(2)15-18;5-2-4-1-3(6)7;1-3-2;1-2/h3-11,13,15H,12,14H2,1-2H3;2H,1H2,(H,4,5)(H,6,7);3H2,1-2H3;1-2H. The van der Waals surface area contributed by atoms with Crippen molar-refractivity contribution < 1.29 is 19.5 Å². The molecule has 0 aliphatic carbocycles. The summed E-state index contributed by atoms with van der Waals surface area (Å²) in [5.41, 5.74) is 5.22. The van der Waals surface area contributed by atoms with Gasteiger partial charge in [-0.15, -0.1) is 12.8 Å². The molecule has 1 amide bonds. The number of rotatable bonds is 8. The molecule has 0 unspecified atom stereocenters. The molecule has 6 nitrogen and oxygen atoms in total. The monoisotopic (exact) mass is 476 g/mol. The average molecular weight is 477 g/mol. The fraction of sp³-hybridized carbons (Fsp3) is 0.276. The van der Waals surface area contributed by atoms with Crippen molar-refractivity contribution in [3.8, 4) is 12.8 Å². The molecular formula is C29H36N2O4. The lowest BCUT2D eigenvalue weighted by Crippen LogP contribution is -2.20. The van der Waals surface area contributed by atoms with E-state index in [0.29, 0.717) is 6.41 Å². The summed E-state index contributed by atoms with van der Waals surface area (Å²) in [4.78, 5) is 31.6. The molecule has 0 radical (unpaired) electrons. The van der Waals surface area contributed by atoms with Gasteiger partial charge in [-0.1, -0.05) is 79.9 Å². The maximum Gasteiger partial charge on any atom is 0.322 e. The van der Waals surface area contributed by atoms with Crippen LogP contribution in [0.15, 0.2) is 66.9 Å². The average Bonchev–Trinajstić information content (AvgIpc) is 3.32. The van der Waals surface area contributed by atoms with E-state index >= 15 is 0 Å². The van der Waals surface area contributed by atoms with Gasteiger partial charge in [-0.3, -0.25) is 14.4 Å². The van der Waals surface area contributed by atoms with Crippen molar-refractivity contribution in [3.63, 3.8) is 0 Å². The third-order valence-corrected chi connectivity index (χ3v) is 4.44. The van der Waals surface area contributed by atoms with Crippen molar-refractivity contribution in [2.75, 3.05) is 6.54 Å². The predicted octanol–water partition coefficient (Wildman–Crippen LogP) is 5.06. The minimum absolute atomic E-state index is 0.0826. The Balaban J connectivity index is 0.000000813. The van der Waals surface area contributed by atoms with E-state index in [-0.39, 0.29) is 12.3 Å². The van der Waals surface area contributed by atoms with Crippen LogP contribution in [0.3, 0.4) is 0 Å². The highest BCUT2D eigenvalue weighted by molar-refractivity contribution is 6.08. The number of aromatic nitrogens is 1. The first-order valence-corrected chi connectivity index (χ1v) is 11.4. The Morgan fingerprint density at radius 3 is 2.11 bits per heavy atom. The number of amides is 1. The van der Waals surface area contributed by atoms with E-state index in [4.69, 9.17) is 5.11 Å². The van der Waals surface area contributed by atoms with Crippen LogP contribution in [-0.2, 0) is 22.6 Å². The first-order chi connectivity index (χ1) is 16.8. The van der Waals surface area contributed by atoms with Crippen LogP contribution in [0.1, 0.15) is 53.0 Å². The Labute approximate surface area is 209 Å². The number of ketones is 1. The second kappa shape index (κ2) is 18.3. The SMILES string of the molecule is C#C.CCC.Cc1ccc(C(=O)c2cccn2CCc2cccc(C)c2)cc1.O=CNCC(=O)O. The van der Waals surface area contributed by atoms with Crippen LogP contribution in [0.2, 0.25) is 0 Å². The van der Waals surface area contributed by atoms with Crippen molar-refractivity contribution in [2.45, 2.75) is 47.1 Å².